The number of nitrogens with two attached hydrogens (primary N) is 1. The van der Waals surface area contributed by atoms with Crippen LogP contribution in [0.4, 0.5) is 18.9 Å². The summed E-state index contributed by atoms with van der Waals surface area (Å²) in [5.74, 6) is -1.28. The molecule has 1 rings (SSSR count). The fraction of sp³-hybridized carbons (Fsp3) is 0.333. The molecule has 1 unspecified atom stereocenters. The maximum absolute atomic E-state index is 12.4. The van der Waals surface area contributed by atoms with Crippen LogP contribution in [-0.2, 0) is 15.8 Å². The van der Waals surface area contributed by atoms with E-state index in [2.05, 4.69) is 9.18 Å². The molecule has 0 fully saturated rings. The largest absolute Gasteiger partial charge is 0.508 e. The Morgan fingerprint density at radius 2 is 2.09 bits per heavy atom. The van der Waals surface area contributed by atoms with Crippen LogP contribution in [0.5, 0.6) is 5.75 Å². The highest BCUT2D eigenvalue weighted by atomic mass is 32.2. The van der Waals surface area contributed by atoms with Crippen LogP contribution in [0.15, 0.2) is 17.1 Å². The molecule has 0 heterocycles. The fourth-order valence-corrected chi connectivity index (χ4v) is 1.84. The fourth-order valence-electron chi connectivity index (χ4n) is 1.45. The lowest BCUT2D eigenvalue weighted by Gasteiger charge is -2.13. The zero-order valence-corrected chi connectivity index (χ0v) is 12.5. The smallest absolute Gasteiger partial charge is 0.462 e. The Hall–Kier alpha value is -2.10. The number of rotatable bonds is 5. The van der Waals surface area contributed by atoms with Crippen LogP contribution in [0, 0.1) is 0 Å². The normalized spacial score (nSPS) is 13.1. The van der Waals surface area contributed by atoms with Crippen molar-refractivity contribution in [1.82, 2.24) is 0 Å². The van der Waals surface area contributed by atoms with E-state index in [1.165, 1.54) is 13.1 Å². The van der Waals surface area contributed by atoms with Gasteiger partial charge in [-0.3, -0.25) is 4.99 Å². The molecular formula is C12H13F3N2O4S. The number of carbonyl (C=O) groups excluding carboxylic acids is 1. The van der Waals surface area contributed by atoms with Gasteiger partial charge in [0.05, 0.1) is 17.7 Å². The molecule has 1 aromatic carbocycles. The van der Waals surface area contributed by atoms with E-state index in [0.29, 0.717) is 0 Å². The highest BCUT2D eigenvalue weighted by Gasteiger charge is 2.40. The van der Waals surface area contributed by atoms with Crippen molar-refractivity contribution in [1.29, 1.82) is 0 Å². The molecule has 0 spiro atoms. The van der Waals surface area contributed by atoms with E-state index < -0.39 is 28.3 Å². The summed E-state index contributed by atoms with van der Waals surface area (Å²) in [4.78, 5) is 15.3. The summed E-state index contributed by atoms with van der Waals surface area (Å²) >= 11 is -3.61. The van der Waals surface area contributed by atoms with Gasteiger partial charge in [0.1, 0.15) is 0 Å². The van der Waals surface area contributed by atoms with E-state index >= 15 is 0 Å². The second-order valence-corrected chi connectivity index (χ2v) is 4.95. The van der Waals surface area contributed by atoms with E-state index in [4.69, 9.17) is 10.5 Å². The number of nitrogen functional groups attached to an aromatic ring is 1. The highest BCUT2D eigenvalue weighted by Crippen LogP contribution is 2.30. The molecule has 0 aromatic heterocycles. The van der Waals surface area contributed by atoms with Crippen molar-refractivity contribution in [3.63, 3.8) is 0 Å². The van der Waals surface area contributed by atoms with Crippen molar-refractivity contribution in [2.24, 2.45) is 4.99 Å². The number of alkyl halides is 3. The number of benzene rings is 1. The van der Waals surface area contributed by atoms with Crippen LogP contribution >= 0.6 is 0 Å². The first-order chi connectivity index (χ1) is 10.2. The second kappa shape index (κ2) is 7.25. The predicted octanol–water partition coefficient (Wildman–Crippen LogP) is 2.06. The minimum absolute atomic E-state index is 0.0202. The molecule has 6 nitrogen and oxygen atoms in total. The number of hydrogen-bond donors (Lipinski definition) is 1. The number of aliphatic imine (C=N–C) groups is 1. The zero-order chi connectivity index (χ0) is 16.9. The van der Waals surface area contributed by atoms with Crippen molar-refractivity contribution in [2.75, 3.05) is 19.4 Å². The maximum Gasteiger partial charge on any atom is 0.508 e. The molecule has 0 aliphatic heterocycles. The molecule has 0 aliphatic carbocycles. The molecular weight excluding hydrogens is 325 g/mol. The van der Waals surface area contributed by atoms with E-state index in [1.54, 1.807) is 6.92 Å². The lowest BCUT2D eigenvalue weighted by Crippen LogP contribution is -2.22. The highest BCUT2D eigenvalue weighted by molar-refractivity contribution is 7.81. The first-order valence-corrected chi connectivity index (χ1v) is 6.97. The number of carbonyl (C=O) groups is 1. The summed E-state index contributed by atoms with van der Waals surface area (Å²) in [5.41, 5.74) is 0.386. The van der Waals surface area contributed by atoms with Crippen molar-refractivity contribution in [3.05, 3.63) is 23.3 Å². The minimum atomic E-state index is -5.07. The predicted molar refractivity (Wildman–Crippen MR) is 75.2 cm³/mol. The van der Waals surface area contributed by atoms with Crippen LogP contribution < -0.4 is 9.92 Å². The van der Waals surface area contributed by atoms with E-state index in [1.807, 2.05) is 0 Å². The lowest BCUT2D eigenvalue weighted by atomic mass is 10.1. The van der Waals surface area contributed by atoms with E-state index in [9.17, 15) is 22.2 Å². The average molecular weight is 338 g/mol. The first-order valence-electron chi connectivity index (χ1n) is 5.90. The Labute approximate surface area is 126 Å². The number of ether oxygens (including phenoxy) is 1. The number of anilines is 1. The van der Waals surface area contributed by atoms with Gasteiger partial charge in [-0.1, -0.05) is 0 Å². The van der Waals surface area contributed by atoms with Crippen LogP contribution in [0.25, 0.3) is 0 Å². The Morgan fingerprint density at radius 3 is 2.59 bits per heavy atom. The molecule has 122 valence electrons. The summed E-state index contributed by atoms with van der Waals surface area (Å²) in [6, 6.07) is 2.17. The summed E-state index contributed by atoms with van der Waals surface area (Å²) in [5, 5.41) is 0. The Morgan fingerprint density at radius 1 is 1.45 bits per heavy atom. The zero-order valence-electron chi connectivity index (χ0n) is 11.6. The lowest BCUT2D eigenvalue weighted by molar-refractivity contribution is -0.0437. The number of nitrogens with zero attached hydrogens (tertiary/aromatic N) is 1. The Bertz CT molecular complexity index is 617. The maximum atomic E-state index is 12.4. The third-order valence-electron chi connectivity index (χ3n) is 2.30. The van der Waals surface area contributed by atoms with Crippen molar-refractivity contribution < 1.29 is 31.1 Å². The van der Waals surface area contributed by atoms with Gasteiger partial charge in [-0.2, -0.15) is 13.2 Å². The molecule has 2 N–H and O–H groups in total. The van der Waals surface area contributed by atoms with E-state index in [-0.39, 0.29) is 23.4 Å². The summed E-state index contributed by atoms with van der Waals surface area (Å²) in [6.07, 6.45) is 1.13. The van der Waals surface area contributed by atoms with Gasteiger partial charge in [-0.05, 0) is 19.1 Å². The number of hydrogen-bond acceptors (Lipinski definition) is 6. The van der Waals surface area contributed by atoms with Gasteiger partial charge in [0.15, 0.2) is 5.75 Å². The molecule has 0 radical (unpaired) electrons. The van der Waals surface area contributed by atoms with Gasteiger partial charge in [0.2, 0.25) is 0 Å². The molecule has 0 amide bonds. The SMILES string of the molecule is CCOC(=O)c1cc(N)c(C=NC)c(OS(=O)C(F)(F)F)c1. The van der Waals surface area contributed by atoms with Crippen LogP contribution in [0.3, 0.4) is 0 Å². The van der Waals surface area contributed by atoms with Gasteiger partial charge in [-0.15, -0.1) is 0 Å². The molecule has 22 heavy (non-hydrogen) atoms. The summed E-state index contributed by atoms with van der Waals surface area (Å²) in [6.45, 7) is 1.64. The molecule has 1 aromatic rings. The number of halogens is 3. The standard InChI is InChI=1S/C12H13F3N2O4S/c1-3-20-11(18)7-4-9(16)8(6-17-2)10(5-7)21-22(19)12(13,14)15/h4-6H,3,16H2,1-2H3. The topological polar surface area (TPSA) is 91.0 Å². The van der Waals surface area contributed by atoms with Crippen LogP contribution in [0.1, 0.15) is 22.8 Å². The van der Waals surface area contributed by atoms with E-state index in [0.717, 1.165) is 12.3 Å². The average Bonchev–Trinajstić information content (AvgIpc) is 2.41. The monoisotopic (exact) mass is 338 g/mol. The van der Waals surface area contributed by atoms with Gasteiger partial charge in [0.25, 0.3) is 0 Å². The molecule has 0 bridgehead atoms. The quantitative estimate of drug-likeness (QED) is 0.504. The van der Waals surface area contributed by atoms with Crippen molar-refractivity contribution in [2.45, 2.75) is 12.4 Å². The second-order valence-electron chi connectivity index (χ2n) is 3.85. The van der Waals surface area contributed by atoms with Crippen LogP contribution in [0.2, 0.25) is 0 Å². The summed E-state index contributed by atoms with van der Waals surface area (Å²) in [7, 11) is 1.36. The molecule has 0 saturated carbocycles. The van der Waals surface area contributed by atoms with Crippen molar-refractivity contribution >= 4 is 29.0 Å². The third kappa shape index (κ3) is 4.45. The minimum Gasteiger partial charge on any atom is -0.462 e. The van der Waals surface area contributed by atoms with Gasteiger partial charge < -0.3 is 14.7 Å². The number of esters is 1. The summed E-state index contributed by atoms with van der Waals surface area (Å²) < 4.78 is 57.2. The van der Waals surface area contributed by atoms with Crippen LogP contribution in [-0.4, -0.2) is 35.6 Å². The first kappa shape index (κ1) is 18.0. The van der Waals surface area contributed by atoms with Gasteiger partial charge in [-0.25, -0.2) is 9.00 Å². The van der Waals surface area contributed by atoms with Crippen molar-refractivity contribution in [3.8, 4) is 5.75 Å². The molecule has 0 aliphatic rings. The molecule has 10 heteroatoms. The van der Waals surface area contributed by atoms with Gasteiger partial charge in [0, 0.05) is 18.9 Å². The third-order valence-corrected chi connectivity index (χ3v) is 3.01. The molecule has 1 atom stereocenters. The Balaban J connectivity index is 3.31. The molecule has 0 saturated heterocycles. The Kier molecular flexibility index (Phi) is 5.92. The van der Waals surface area contributed by atoms with Gasteiger partial charge >= 0.3 is 22.6 Å².